The minimum atomic E-state index is -0.276. The number of nitrogens with one attached hydrogen (secondary N) is 1. The van der Waals surface area contributed by atoms with Crippen LogP contribution in [-0.2, 0) is 17.9 Å². The minimum Gasteiger partial charge on any atom is -0.380 e. The highest BCUT2D eigenvalue weighted by atomic mass is 19.1. The Morgan fingerprint density at radius 3 is 3.06 bits per heavy atom. The van der Waals surface area contributed by atoms with Gasteiger partial charge in [-0.25, -0.2) is 9.38 Å². The summed E-state index contributed by atoms with van der Waals surface area (Å²) in [6.45, 7) is 4.77. The molecule has 98 valence electrons. The molecule has 4 nitrogen and oxygen atoms in total. The second-order valence-corrected chi connectivity index (χ2v) is 3.73. The summed E-state index contributed by atoms with van der Waals surface area (Å²) in [5, 5.41) is 2.86. The molecule has 1 aromatic carbocycles. The third-order valence-electron chi connectivity index (χ3n) is 2.27. The first-order valence-corrected chi connectivity index (χ1v) is 5.58. The van der Waals surface area contributed by atoms with Gasteiger partial charge in [0.2, 0.25) is 0 Å². The summed E-state index contributed by atoms with van der Waals surface area (Å²) in [7, 11) is 1.53. The molecule has 3 N–H and O–H groups in total. The van der Waals surface area contributed by atoms with Gasteiger partial charge in [0, 0.05) is 19.2 Å². The van der Waals surface area contributed by atoms with E-state index in [4.69, 9.17) is 10.5 Å². The molecule has 0 spiro atoms. The van der Waals surface area contributed by atoms with E-state index in [0.29, 0.717) is 24.6 Å². The zero-order chi connectivity index (χ0) is 13.4. The Balaban J connectivity index is 2.67. The van der Waals surface area contributed by atoms with Crippen molar-refractivity contribution >= 4 is 5.96 Å². The van der Waals surface area contributed by atoms with E-state index in [2.05, 4.69) is 16.9 Å². The molecule has 0 aliphatic carbocycles. The monoisotopic (exact) mass is 251 g/mol. The fourth-order valence-electron chi connectivity index (χ4n) is 1.40. The molecule has 0 aliphatic heterocycles. The Labute approximate surface area is 106 Å². The number of guanidine groups is 1. The maximum absolute atomic E-state index is 13.4. The third kappa shape index (κ3) is 4.55. The first kappa shape index (κ1) is 14.2. The predicted molar refractivity (Wildman–Crippen MR) is 70.6 cm³/mol. The van der Waals surface area contributed by atoms with Gasteiger partial charge in [0.15, 0.2) is 5.96 Å². The quantitative estimate of drug-likeness (QED) is 0.458. The second-order valence-electron chi connectivity index (χ2n) is 3.73. The molecule has 0 fully saturated rings. The van der Waals surface area contributed by atoms with Crippen LogP contribution in [0, 0.1) is 5.82 Å². The fraction of sp³-hybridized carbons (Fsp3) is 0.308. The number of aliphatic imine (C=N–C) groups is 1. The maximum Gasteiger partial charge on any atom is 0.189 e. The van der Waals surface area contributed by atoms with E-state index in [9.17, 15) is 4.39 Å². The van der Waals surface area contributed by atoms with Gasteiger partial charge in [0.25, 0.3) is 0 Å². The van der Waals surface area contributed by atoms with Crippen LogP contribution < -0.4 is 11.1 Å². The Morgan fingerprint density at radius 1 is 1.61 bits per heavy atom. The average Bonchev–Trinajstić information content (AvgIpc) is 2.37. The van der Waals surface area contributed by atoms with Crippen molar-refractivity contribution in [1.29, 1.82) is 0 Å². The topological polar surface area (TPSA) is 59.6 Å². The molecule has 0 radical (unpaired) electrons. The second kappa shape index (κ2) is 7.45. The van der Waals surface area contributed by atoms with Gasteiger partial charge in [-0.3, -0.25) is 0 Å². The predicted octanol–water partition coefficient (Wildman–Crippen LogP) is 1.56. The van der Waals surface area contributed by atoms with Gasteiger partial charge in [0.05, 0.1) is 13.2 Å². The summed E-state index contributed by atoms with van der Waals surface area (Å²) in [4.78, 5) is 4.14. The van der Waals surface area contributed by atoms with Crippen molar-refractivity contribution in [3.05, 3.63) is 47.8 Å². The number of rotatable bonds is 6. The molecule has 0 atom stereocenters. The van der Waals surface area contributed by atoms with Gasteiger partial charge in [-0.05, 0) is 17.7 Å². The van der Waals surface area contributed by atoms with Crippen molar-refractivity contribution < 1.29 is 9.13 Å². The highest BCUT2D eigenvalue weighted by Crippen LogP contribution is 2.12. The summed E-state index contributed by atoms with van der Waals surface area (Å²) in [6, 6.07) is 4.81. The van der Waals surface area contributed by atoms with Crippen LogP contribution in [-0.4, -0.2) is 19.6 Å². The van der Waals surface area contributed by atoms with Crippen molar-refractivity contribution in [1.82, 2.24) is 5.32 Å². The molecule has 0 aliphatic rings. The summed E-state index contributed by atoms with van der Waals surface area (Å²) >= 11 is 0. The van der Waals surface area contributed by atoms with Crippen LogP contribution in [0.25, 0.3) is 0 Å². The Morgan fingerprint density at radius 2 is 2.39 bits per heavy atom. The van der Waals surface area contributed by atoms with Crippen LogP contribution in [0.3, 0.4) is 0 Å². The third-order valence-corrected chi connectivity index (χ3v) is 2.27. The molecule has 0 aromatic heterocycles. The Hall–Kier alpha value is -1.88. The number of methoxy groups -OCH3 is 1. The summed E-state index contributed by atoms with van der Waals surface area (Å²) in [6.07, 6.45) is 1.69. The highest BCUT2D eigenvalue weighted by Gasteiger charge is 2.03. The van der Waals surface area contributed by atoms with Crippen LogP contribution in [0.2, 0.25) is 0 Å². The number of ether oxygens (including phenoxy) is 1. The normalized spacial score (nSPS) is 11.3. The molecule has 0 saturated heterocycles. The van der Waals surface area contributed by atoms with Crippen molar-refractivity contribution in [3.8, 4) is 0 Å². The van der Waals surface area contributed by atoms with E-state index in [-0.39, 0.29) is 12.4 Å². The minimum absolute atomic E-state index is 0.244. The first-order chi connectivity index (χ1) is 8.67. The standard InChI is InChI=1S/C13H18FN3O/c1-3-6-16-13(15)17-8-10-4-5-12(14)11(7-10)9-18-2/h3-5,7H,1,6,8-9H2,2H3,(H3,15,16,17). The smallest absolute Gasteiger partial charge is 0.189 e. The van der Waals surface area contributed by atoms with E-state index >= 15 is 0 Å². The fourth-order valence-corrected chi connectivity index (χ4v) is 1.40. The number of benzene rings is 1. The SMILES string of the molecule is C=CCNC(N)=NCc1ccc(F)c(COC)c1. The molecular weight excluding hydrogens is 233 g/mol. The first-order valence-electron chi connectivity index (χ1n) is 5.58. The molecule has 0 heterocycles. The van der Waals surface area contributed by atoms with Crippen molar-refractivity contribution in [2.24, 2.45) is 10.7 Å². The Kier molecular flexibility index (Phi) is 5.87. The van der Waals surface area contributed by atoms with Crippen LogP contribution in [0.15, 0.2) is 35.8 Å². The zero-order valence-corrected chi connectivity index (χ0v) is 10.4. The molecule has 0 unspecified atom stereocenters. The highest BCUT2D eigenvalue weighted by molar-refractivity contribution is 5.77. The molecule has 0 saturated carbocycles. The van der Waals surface area contributed by atoms with E-state index in [1.54, 1.807) is 18.2 Å². The van der Waals surface area contributed by atoms with E-state index in [1.807, 2.05) is 0 Å². The van der Waals surface area contributed by atoms with Gasteiger partial charge in [-0.15, -0.1) is 6.58 Å². The number of hydrogen-bond acceptors (Lipinski definition) is 2. The number of hydrogen-bond donors (Lipinski definition) is 2. The average molecular weight is 251 g/mol. The summed E-state index contributed by atoms with van der Waals surface area (Å²) in [5.41, 5.74) is 7.02. The van der Waals surface area contributed by atoms with E-state index in [1.165, 1.54) is 13.2 Å². The largest absolute Gasteiger partial charge is 0.380 e. The summed E-state index contributed by atoms with van der Waals surface area (Å²) < 4.78 is 18.3. The van der Waals surface area contributed by atoms with Gasteiger partial charge >= 0.3 is 0 Å². The van der Waals surface area contributed by atoms with Crippen LogP contribution in [0.4, 0.5) is 4.39 Å². The lowest BCUT2D eigenvalue weighted by Crippen LogP contribution is -2.31. The number of halogens is 1. The van der Waals surface area contributed by atoms with Crippen LogP contribution in [0.1, 0.15) is 11.1 Å². The Bertz CT molecular complexity index is 432. The summed E-state index contributed by atoms with van der Waals surface area (Å²) in [5.74, 6) is 0.0647. The van der Waals surface area contributed by atoms with E-state index in [0.717, 1.165) is 5.56 Å². The van der Waals surface area contributed by atoms with Crippen molar-refractivity contribution in [3.63, 3.8) is 0 Å². The molecular formula is C13H18FN3O. The molecule has 0 amide bonds. The van der Waals surface area contributed by atoms with Crippen molar-refractivity contribution in [2.75, 3.05) is 13.7 Å². The van der Waals surface area contributed by atoms with Crippen molar-refractivity contribution in [2.45, 2.75) is 13.2 Å². The number of nitrogens with zero attached hydrogens (tertiary/aromatic N) is 1. The molecule has 18 heavy (non-hydrogen) atoms. The molecule has 1 rings (SSSR count). The molecule has 0 bridgehead atoms. The molecule has 5 heteroatoms. The van der Waals surface area contributed by atoms with Crippen LogP contribution in [0.5, 0.6) is 0 Å². The maximum atomic E-state index is 13.4. The lowest BCUT2D eigenvalue weighted by molar-refractivity contribution is 0.181. The molecule has 1 aromatic rings. The lowest BCUT2D eigenvalue weighted by Gasteiger charge is -2.05. The van der Waals surface area contributed by atoms with E-state index < -0.39 is 0 Å². The van der Waals surface area contributed by atoms with Gasteiger partial charge < -0.3 is 15.8 Å². The zero-order valence-electron chi connectivity index (χ0n) is 10.4. The lowest BCUT2D eigenvalue weighted by atomic mass is 10.1. The number of nitrogens with two attached hydrogens (primary N) is 1. The van der Waals surface area contributed by atoms with Gasteiger partial charge in [-0.1, -0.05) is 12.1 Å². The van der Waals surface area contributed by atoms with Crippen LogP contribution >= 0.6 is 0 Å². The van der Waals surface area contributed by atoms with Gasteiger partial charge in [0.1, 0.15) is 5.82 Å². The van der Waals surface area contributed by atoms with Gasteiger partial charge in [-0.2, -0.15) is 0 Å².